The Labute approximate surface area is 130 Å². The van der Waals surface area contributed by atoms with E-state index in [-0.39, 0.29) is 18.7 Å². The van der Waals surface area contributed by atoms with Crippen LogP contribution < -0.4 is 4.72 Å². The maximum Gasteiger partial charge on any atom is 0.212 e. The van der Waals surface area contributed by atoms with Crippen LogP contribution >= 0.6 is 0 Å². The van der Waals surface area contributed by atoms with E-state index in [1.807, 2.05) is 37.3 Å². The van der Waals surface area contributed by atoms with Gasteiger partial charge in [-0.1, -0.05) is 29.8 Å². The summed E-state index contributed by atoms with van der Waals surface area (Å²) in [6.07, 6.45) is 2.25. The molecule has 0 bridgehead atoms. The normalized spacial score (nSPS) is 11.3. The number of rotatable bonds is 7. The number of aromatic amines is 1. The highest BCUT2D eigenvalue weighted by Gasteiger charge is 2.11. The number of aromatic nitrogens is 2. The van der Waals surface area contributed by atoms with Crippen molar-refractivity contribution in [2.45, 2.75) is 26.3 Å². The molecule has 2 rings (SSSR count). The Morgan fingerprint density at radius 3 is 2.73 bits per heavy atom. The fourth-order valence-corrected chi connectivity index (χ4v) is 2.95. The number of benzene rings is 1. The zero-order valence-corrected chi connectivity index (χ0v) is 13.2. The Bertz CT molecular complexity index is 758. The first-order chi connectivity index (χ1) is 10.5. The van der Waals surface area contributed by atoms with E-state index in [9.17, 15) is 8.42 Å². The number of unbranched alkanes of at least 4 members (excludes halogenated alkanes) is 1. The topological polar surface area (TPSA) is 98.6 Å². The summed E-state index contributed by atoms with van der Waals surface area (Å²) < 4.78 is 25.9. The summed E-state index contributed by atoms with van der Waals surface area (Å²) in [7, 11) is -3.37. The number of H-pyrrole nitrogens is 1. The minimum absolute atomic E-state index is 0.0495. The van der Waals surface area contributed by atoms with Gasteiger partial charge in [-0.15, -0.1) is 0 Å². The lowest BCUT2D eigenvalue weighted by Crippen LogP contribution is -2.26. The van der Waals surface area contributed by atoms with Crippen LogP contribution in [0.4, 0.5) is 0 Å². The molecule has 0 radical (unpaired) electrons. The highest BCUT2D eigenvalue weighted by Crippen LogP contribution is 2.17. The fourth-order valence-electron chi connectivity index (χ4n) is 1.92. The number of sulfonamides is 1. The van der Waals surface area contributed by atoms with Crippen molar-refractivity contribution in [1.82, 2.24) is 14.7 Å². The number of hydrogen-bond acceptors (Lipinski definition) is 4. The molecule has 0 aliphatic heterocycles. The molecule has 22 heavy (non-hydrogen) atoms. The molecule has 116 valence electrons. The van der Waals surface area contributed by atoms with E-state index < -0.39 is 10.0 Å². The van der Waals surface area contributed by atoms with Gasteiger partial charge < -0.3 is 4.98 Å². The first kappa shape index (κ1) is 16.2. The molecular weight excluding hydrogens is 300 g/mol. The van der Waals surface area contributed by atoms with Crippen LogP contribution in [0.5, 0.6) is 0 Å². The number of aryl methyl sites for hydroxylation is 1. The zero-order chi connectivity index (χ0) is 16.0. The van der Waals surface area contributed by atoms with Gasteiger partial charge in [0.2, 0.25) is 10.0 Å². The molecule has 7 heteroatoms. The van der Waals surface area contributed by atoms with Crippen molar-refractivity contribution in [3.8, 4) is 17.3 Å². The maximum atomic E-state index is 11.7. The quantitative estimate of drug-likeness (QED) is 0.764. The predicted octanol–water partition coefficient (Wildman–Crippen LogP) is 2.11. The summed E-state index contributed by atoms with van der Waals surface area (Å²) in [5.74, 6) is 0.506. The number of nitrogens with zero attached hydrogens (tertiary/aromatic N) is 2. The van der Waals surface area contributed by atoms with Gasteiger partial charge in [-0.25, -0.2) is 18.1 Å². The average Bonchev–Trinajstić information content (AvgIpc) is 2.95. The van der Waals surface area contributed by atoms with Gasteiger partial charge >= 0.3 is 0 Å². The molecule has 0 saturated heterocycles. The molecule has 0 spiro atoms. The zero-order valence-electron chi connectivity index (χ0n) is 12.3. The Morgan fingerprint density at radius 2 is 2.05 bits per heavy atom. The minimum atomic E-state index is -3.37. The van der Waals surface area contributed by atoms with Crippen LogP contribution in [0.2, 0.25) is 0 Å². The minimum Gasteiger partial charge on any atom is -0.341 e. The molecule has 2 N–H and O–H groups in total. The number of nitrogens with one attached hydrogen (secondary N) is 2. The van der Waals surface area contributed by atoms with E-state index in [0.29, 0.717) is 12.2 Å². The summed E-state index contributed by atoms with van der Waals surface area (Å²) in [6, 6.07) is 9.91. The van der Waals surface area contributed by atoms with Gasteiger partial charge in [0.25, 0.3) is 0 Å². The number of nitriles is 1. The van der Waals surface area contributed by atoms with Crippen LogP contribution in [-0.4, -0.2) is 24.1 Å². The fraction of sp³-hybridized carbons (Fsp3) is 0.333. The predicted molar refractivity (Wildman–Crippen MR) is 84.2 cm³/mol. The molecule has 0 amide bonds. The van der Waals surface area contributed by atoms with Gasteiger partial charge in [0.1, 0.15) is 5.82 Å². The summed E-state index contributed by atoms with van der Waals surface area (Å²) in [4.78, 5) is 7.28. The Morgan fingerprint density at radius 1 is 1.32 bits per heavy atom. The molecule has 2 aromatic rings. The molecule has 0 saturated carbocycles. The van der Waals surface area contributed by atoms with Crippen molar-refractivity contribution in [2.24, 2.45) is 0 Å². The highest BCUT2D eigenvalue weighted by molar-refractivity contribution is 7.89. The van der Waals surface area contributed by atoms with Crippen LogP contribution in [0.25, 0.3) is 11.3 Å². The van der Waals surface area contributed by atoms with Gasteiger partial charge in [-0.2, -0.15) is 5.26 Å². The van der Waals surface area contributed by atoms with E-state index in [1.54, 1.807) is 6.20 Å². The second kappa shape index (κ2) is 7.20. The molecule has 6 nitrogen and oxygen atoms in total. The lowest BCUT2D eigenvalue weighted by molar-refractivity contribution is 0.577. The third kappa shape index (κ3) is 4.69. The molecule has 1 heterocycles. The molecular formula is C15H18N4O2S. The summed E-state index contributed by atoms with van der Waals surface area (Å²) in [5.41, 5.74) is 3.02. The first-order valence-electron chi connectivity index (χ1n) is 6.95. The van der Waals surface area contributed by atoms with Gasteiger partial charge in [0.05, 0.1) is 30.3 Å². The summed E-state index contributed by atoms with van der Waals surface area (Å²) >= 11 is 0. The van der Waals surface area contributed by atoms with E-state index in [2.05, 4.69) is 14.7 Å². The van der Waals surface area contributed by atoms with Crippen molar-refractivity contribution >= 4 is 10.0 Å². The monoisotopic (exact) mass is 318 g/mol. The number of imidazole rings is 1. The SMILES string of the molecule is Cc1ccc(-c2cnc(CNS(=O)(=O)CCCC#N)[nH]2)cc1. The largest absolute Gasteiger partial charge is 0.341 e. The van der Waals surface area contributed by atoms with Crippen molar-refractivity contribution in [3.63, 3.8) is 0 Å². The maximum absolute atomic E-state index is 11.7. The molecule has 0 atom stereocenters. The van der Waals surface area contributed by atoms with Gasteiger partial charge in [-0.05, 0) is 18.9 Å². The van der Waals surface area contributed by atoms with Crippen LogP contribution in [-0.2, 0) is 16.6 Å². The van der Waals surface area contributed by atoms with Crippen molar-refractivity contribution < 1.29 is 8.42 Å². The number of hydrogen-bond donors (Lipinski definition) is 2. The Balaban J connectivity index is 1.95. The van der Waals surface area contributed by atoms with Gasteiger partial charge in [0.15, 0.2) is 0 Å². The van der Waals surface area contributed by atoms with Crippen molar-refractivity contribution in [3.05, 3.63) is 41.9 Å². The van der Waals surface area contributed by atoms with E-state index in [1.165, 1.54) is 5.56 Å². The lowest BCUT2D eigenvalue weighted by Gasteiger charge is -2.03. The highest BCUT2D eigenvalue weighted by atomic mass is 32.2. The first-order valence-corrected chi connectivity index (χ1v) is 8.60. The third-order valence-corrected chi connectivity index (χ3v) is 4.56. The third-order valence-electron chi connectivity index (χ3n) is 3.15. The Kier molecular flexibility index (Phi) is 5.31. The van der Waals surface area contributed by atoms with Crippen molar-refractivity contribution in [2.75, 3.05) is 5.75 Å². The van der Waals surface area contributed by atoms with Crippen LogP contribution in [0, 0.1) is 18.3 Å². The smallest absolute Gasteiger partial charge is 0.212 e. The average molecular weight is 318 g/mol. The standard InChI is InChI=1S/C15H18N4O2S/c1-12-4-6-13(7-5-12)14-10-17-15(19-14)11-18-22(20,21)9-3-2-8-16/h4-7,10,18H,2-3,9,11H2,1H3,(H,17,19). The second-order valence-corrected chi connectivity index (χ2v) is 6.94. The van der Waals surface area contributed by atoms with Gasteiger partial charge in [-0.3, -0.25) is 0 Å². The molecule has 1 aromatic heterocycles. The lowest BCUT2D eigenvalue weighted by atomic mass is 10.1. The summed E-state index contributed by atoms with van der Waals surface area (Å²) in [5, 5.41) is 8.42. The van der Waals surface area contributed by atoms with Crippen LogP contribution in [0.3, 0.4) is 0 Å². The van der Waals surface area contributed by atoms with E-state index in [0.717, 1.165) is 11.3 Å². The van der Waals surface area contributed by atoms with Crippen LogP contribution in [0.1, 0.15) is 24.2 Å². The Hall–Kier alpha value is -2.17. The van der Waals surface area contributed by atoms with Crippen molar-refractivity contribution in [1.29, 1.82) is 5.26 Å². The molecule has 0 fully saturated rings. The van der Waals surface area contributed by atoms with E-state index >= 15 is 0 Å². The molecule has 0 aliphatic rings. The molecule has 1 aromatic carbocycles. The molecule has 0 unspecified atom stereocenters. The van der Waals surface area contributed by atoms with E-state index in [4.69, 9.17) is 5.26 Å². The second-order valence-electron chi connectivity index (χ2n) is 5.01. The molecule has 0 aliphatic carbocycles. The van der Waals surface area contributed by atoms with Crippen LogP contribution in [0.15, 0.2) is 30.5 Å². The van der Waals surface area contributed by atoms with Gasteiger partial charge in [0, 0.05) is 6.42 Å². The summed E-state index contributed by atoms with van der Waals surface area (Å²) in [6.45, 7) is 2.13.